The third-order valence-corrected chi connectivity index (χ3v) is 5.02. The number of rotatable bonds is 3. The Kier molecular flexibility index (Phi) is 5.16. The van der Waals surface area contributed by atoms with Gasteiger partial charge in [0.25, 0.3) is 11.8 Å². The van der Waals surface area contributed by atoms with Gasteiger partial charge in [-0.05, 0) is 40.2 Å². The Morgan fingerprint density at radius 3 is 2.29 bits per heavy atom. The van der Waals surface area contributed by atoms with Crippen molar-refractivity contribution in [1.82, 2.24) is 30.0 Å². The lowest BCUT2D eigenvalue weighted by atomic mass is 10.2. The molecule has 9 heteroatoms. The van der Waals surface area contributed by atoms with Crippen LogP contribution in [0.5, 0.6) is 0 Å². The quantitative estimate of drug-likeness (QED) is 0.673. The number of nitrogens with one attached hydrogen (secondary N) is 1. The first-order valence-corrected chi connectivity index (χ1v) is 9.56. The van der Waals surface area contributed by atoms with E-state index in [0.717, 1.165) is 10.0 Å². The second kappa shape index (κ2) is 7.89. The predicted octanol–water partition coefficient (Wildman–Crippen LogP) is 2.23. The molecule has 0 aromatic carbocycles. The maximum atomic E-state index is 12.8. The van der Waals surface area contributed by atoms with Crippen LogP contribution < -0.4 is 0 Å². The molecule has 1 aliphatic heterocycles. The Morgan fingerprint density at radius 1 is 0.929 bits per heavy atom. The molecule has 0 spiro atoms. The molecule has 3 aromatic heterocycles. The Morgan fingerprint density at radius 2 is 1.61 bits per heavy atom. The second-order valence-electron chi connectivity index (χ2n) is 6.38. The van der Waals surface area contributed by atoms with Gasteiger partial charge in [0, 0.05) is 61.0 Å². The van der Waals surface area contributed by atoms with Gasteiger partial charge in [-0.25, -0.2) is 0 Å². The third-order valence-electron chi connectivity index (χ3n) is 4.59. The first-order chi connectivity index (χ1) is 13.6. The summed E-state index contributed by atoms with van der Waals surface area (Å²) in [5, 5.41) is 7.03. The van der Waals surface area contributed by atoms with Crippen LogP contribution in [0.1, 0.15) is 20.8 Å². The summed E-state index contributed by atoms with van der Waals surface area (Å²) in [6.07, 6.45) is 6.55. The van der Waals surface area contributed by atoms with E-state index in [4.69, 9.17) is 0 Å². The van der Waals surface area contributed by atoms with Crippen LogP contribution in [-0.4, -0.2) is 68.0 Å². The molecular formula is C19H17BrN6O2. The molecule has 1 N–H and O–H groups in total. The van der Waals surface area contributed by atoms with Gasteiger partial charge in [0.15, 0.2) is 0 Å². The van der Waals surface area contributed by atoms with E-state index in [1.807, 2.05) is 12.1 Å². The summed E-state index contributed by atoms with van der Waals surface area (Å²) < 4.78 is 0.761. The van der Waals surface area contributed by atoms with Crippen molar-refractivity contribution >= 4 is 27.7 Å². The Hall–Kier alpha value is -3.07. The van der Waals surface area contributed by atoms with Gasteiger partial charge in [-0.2, -0.15) is 5.10 Å². The summed E-state index contributed by atoms with van der Waals surface area (Å²) in [5.41, 5.74) is 2.55. The van der Waals surface area contributed by atoms with Crippen LogP contribution in [0.4, 0.5) is 0 Å². The van der Waals surface area contributed by atoms with Crippen LogP contribution in [0.3, 0.4) is 0 Å². The minimum atomic E-state index is -0.121. The maximum Gasteiger partial charge on any atom is 0.272 e. The number of nitrogens with zero attached hydrogens (tertiary/aromatic N) is 5. The minimum absolute atomic E-state index is 0.0811. The molecule has 1 saturated heterocycles. The number of pyridine rings is 2. The van der Waals surface area contributed by atoms with Crippen molar-refractivity contribution in [2.45, 2.75) is 0 Å². The fourth-order valence-corrected chi connectivity index (χ4v) is 3.46. The topological polar surface area (TPSA) is 95.1 Å². The number of carbonyl (C=O) groups excluding carboxylic acids is 2. The average Bonchev–Trinajstić information content (AvgIpc) is 3.24. The molecular weight excluding hydrogens is 424 g/mol. The van der Waals surface area contributed by atoms with Gasteiger partial charge in [-0.3, -0.25) is 24.7 Å². The molecule has 0 unspecified atom stereocenters. The summed E-state index contributed by atoms with van der Waals surface area (Å²) in [7, 11) is 0. The Labute approximate surface area is 169 Å². The van der Waals surface area contributed by atoms with Crippen molar-refractivity contribution in [3.05, 3.63) is 64.8 Å². The molecule has 0 atom stereocenters. The molecule has 4 heterocycles. The molecule has 142 valence electrons. The van der Waals surface area contributed by atoms with Gasteiger partial charge < -0.3 is 9.80 Å². The fraction of sp³-hybridized carbons (Fsp3) is 0.211. The third kappa shape index (κ3) is 3.79. The van der Waals surface area contributed by atoms with E-state index in [-0.39, 0.29) is 11.8 Å². The SMILES string of the molecule is O=C(c1cncc(Br)c1)N1CCN(C(=O)c2cc(-c3ccncc3)n[nH]2)CC1. The second-order valence-corrected chi connectivity index (χ2v) is 7.29. The van der Waals surface area contributed by atoms with Crippen molar-refractivity contribution in [3.63, 3.8) is 0 Å². The summed E-state index contributed by atoms with van der Waals surface area (Å²) in [6, 6.07) is 7.16. The molecule has 28 heavy (non-hydrogen) atoms. The molecule has 0 radical (unpaired) electrons. The van der Waals surface area contributed by atoms with Gasteiger partial charge in [-0.15, -0.1) is 0 Å². The minimum Gasteiger partial charge on any atom is -0.335 e. The molecule has 4 rings (SSSR count). The smallest absolute Gasteiger partial charge is 0.272 e. The normalized spacial score (nSPS) is 14.2. The molecule has 8 nitrogen and oxygen atoms in total. The van der Waals surface area contributed by atoms with Gasteiger partial charge in [-0.1, -0.05) is 0 Å². The van der Waals surface area contributed by atoms with E-state index >= 15 is 0 Å². The van der Waals surface area contributed by atoms with Crippen LogP contribution in [0.15, 0.2) is 53.5 Å². The summed E-state index contributed by atoms with van der Waals surface area (Å²) in [5.74, 6) is -0.202. The highest BCUT2D eigenvalue weighted by Crippen LogP contribution is 2.18. The highest BCUT2D eigenvalue weighted by Gasteiger charge is 2.26. The number of hydrogen-bond donors (Lipinski definition) is 1. The first kappa shape index (κ1) is 18.3. The van der Waals surface area contributed by atoms with Gasteiger partial charge in [0.05, 0.1) is 11.3 Å². The summed E-state index contributed by atoms with van der Waals surface area (Å²) >= 11 is 3.33. The van der Waals surface area contributed by atoms with E-state index in [1.54, 1.807) is 46.7 Å². The van der Waals surface area contributed by atoms with Crippen molar-refractivity contribution < 1.29 is 9.59 Å². The number of halogens is 1. The van der Waals surface area contributed by atoms with Gasteiger partial charge in [0.2, 0.25) is 0 Å². The molecule has 1 fully saturated rings. The lowest BCUT2D eigenvalue weighted by Crippen LogP contribution is -2.50. The van der Waals surface area contributed by atoms with Crippen molar-refractivity contribution in [1.29, 1.82) is 0 Å². The highest BCUT2D eigenvalue weighted by molar-refractivity contribution is 9.10. The van der Waals surface area contributed by atoms with E-state index in [9.17, 15) is 9.59 Å². The van der Waals surface area contributed by atoms with E-state index in [2.05, 4.69) is 36.1 Å². The monoisotopic (exact) mass is 440 g/mol. The Balaban J connectivity index is 1.39. The van der Waals surface area contributed by atoms with E-state index in [0.29, 0.717) is 43.1 Å². The highest BCUT2D eigenvalue weighted by atomic mass is 79.9. The van der Waals surface area contributed by atoms with Gasteiger partial charge in [0.1, 0.15) is 5.69 Å². The Bertz CT molecular complexity index is 998. The van der Waals surface area contributed by atoms with Gasteiger partial charge >= 0.3 is 0 Å². The number of aromatic nitrogens is 4. The lowest BCUT2D eigenvalue weighted by molar-refractivity contribution is 0.0532. The zero-order chi connectivity index (χ0) is 19.5. The van der Waals surface area contributed by atoms with Crippen molar-refractivity contribution in [2.24, 2.45) is 0 Å². The number of H-pyrrole nitrogens is 1. The maximum absolute atomic E-state index is 12.8. The molecule has 1 aliphatic rings. The largest absolute Gasteiger partial charge is 0.335 e. The van der Waals surface area contributed by atoms with Crippen molar-refractivity contribution in [2.75, 3.05) is 26.2 Å². The van der Waals surface area contributed by atoms with Crippen LogP contribution in [0.25, 0.3) is 11.3 Å². The average molecular weight is 441 g/mol. The zero-order valence-electron chi connectivity index (χ0n) is 14.9. The molecule has 0 aliphatic carbocycles. The predicted molar refractivity (Wildman–Crippen MR) is 106 cm³/mol. The standard InChI is InChI=1S/C19H17BrN6O2/c20-15-9-14(11-22-12-15)18(27)25-5-7-26(8-6-25)19(28)17-10-16(23-24-17)13-1-3-21-4-2-13/h1-4,9-12H,5-8H2,(H,23,24). The molecule has 0 saturated carbocycles. The number of carbonyl (C=O) groups is 2. The first-order valence-electron chi connectivity index (χ1n) is 8.77. The molecule has 0 bridgehead atoms. The number of aromatic amines is 1. The lowest BCUT2D eigenvalue weighted by Gasteiger charge is -2.34. The summed E-state index contributed by atoms with van der Waals surface area (Å²) in [6.45, 7) is 1.89. The van der Waals surface area contributed by atoms with E-state index < -0.39 is 0 Å². The molecule has 2 amide bonds. The number of amides is 2. The van der Waals surface area contributed by atoms with Crippen molar-refractivity contribution in [3.8, 4) is 11.3 Å². The van der Waals surface area contributed by atoms with Crippen LogP contribution in [0.2, 0.25) is 0 Å². The van der Waals surface area contributed by atoms with E-state index in [1.165, 1.54) is 0 Å². The number of piperazine rings is 1. The fourth-order valence-electron chi connectivity index (χ4n) is 3.10. The summed E-state index contributed by atoms with van der Waals surface area (Å²) in [4.78, 5) is 36.8. The van der Waals surface area contributed by atoms with Crippen LogP contribution >= 0.6 is 15.9 Å². The number of hydrogen-bond acceptors (Lipinski definition) is 5. The zero-order valence-corrected chi connectivity index (χ0v) is 16.5. The van der Waals surface area contributed by atoms with Crippen LogP contribution in [0, 0.1) is 0 Å². The molecule has 3 aromatic rings. The van der Waals surface area contributed by atoms with Crippen LogP contribution in [-0.2, 0) is 0 Å².